The number of hydrogen-bond donors (Lipinski definition) is 0. The van der Waals surface area contributed by atoms with Crippen molar-refractivity contribution in [2.75, 3.05) is 26.2 Å². The Labute approximate surface area is 121 Å². The van der Waals surface area contributed by atoms with E-state index in [-0.39, 0.29) is 18.3 Å². The zero-order chi connectivity index (χ0) is 12.4. The minimum Gasteiger partial charge on any atom is -0.333 e. The molecule has 1 amide bonds. The first-order chi connectivity index (χ1) is 8.84. The molecule has 1 aromatic rings. The monoisotopic (exact) mass is 280 g/mol. The van der Waals surface area contributed by atoms with Crippen LogP contribution < -0.4 is 0 Å². The Hall–Kier alpha value is -1.06. The summed E-state index contributed by atoms with van der Waals surface area (Å²) in [4.78, 5) is 16.6. The molecule has 104 valence electrons. The van der Waals surface area contributed by atoms with Crippen molar-refractivity contribution in [3.8, 4) is 0 Å². The van der Waals surface area contributed by atoms with E-state index >= 15 is 0 Å². The first-order valence-electron chi connectivity index (χ1n) is 6.94. The van der Waals surface area contributed by atoms with Crippen LogP contribution in [0.15, 0.2) is 24.3 Å². The van der Waals surface area contributed by atoms with Crippen molar-refractivity contribution in [1.29, 1.82) is 0 Å². The zero-order valence-electron chi connectivity index (χ0n) is 11.2. The van der Waals surface area contributed by atoms with Gasteiger partial charge >= 0.3 is 0 Å². The highest BCUT2D eigenvalue weighted by molar-refractivity contribution is 5.98. The molecule has 1 aromatic carbocycles. The number of carbonyl (C=O) groups excluding carboxylic acids is 1. The summed E-state index contributed by atoms with van der Waals surface area (Å²) in [5.41, 5.74) is 2.08. The van der Waals surface area contributed by atoms with E-state index in [0.29, 0.717) is 0 Å². The van der Waals surface area contributed by atoms with Gasteiger partial charge in [-0.3, -0.25) is 4.79 Å². The average Bonchev–Trinajstić information content (AvgIpc) is 2.75. The number of carbonyl (C=O) groups is 1. The molecular weight excluding hydrogens is 260 g/mol. The van der Waals surface area contributed by atoms with Crippen LogP contribution in [0.1, 0.15) is 35.2 Å². The number of nitrogens with zero attached hydrogens (tertiary/aromatic N) is 2. The minimum atomic E-state index is 0. The zero-order valence-corrected chi connectivity index (χ0v) is 12.0. The largest absolute Gasteiger partial charge is 0.333 e. The van der Waals surface area contributed by atoms with Crippen molar-refractivity contribution in [3.63, 3.8) is 0 Å². The summed E-state index contributed by atoms with van der Waals surface area (Å²) >= 11 is 0. The van der Waals surface area contributed by atoms with Gasteiger partial charge in [0.2, 0.25) is 0 Å². The van der Waals surface area contributed by atoms with Crippen molar-refractivity contribution < 1.29 is 4.79 Å². The van der Waals surface area contributed by atoms with Gasteiger partial charge in [0.05, 0.1) is 0 Å². The summed E-state index contributed by atoms with van der Waals surface area (Å²) in [6.07, 6.45) is 3.99. The molecule has 3 nitrogen and oxygen atoms in total. The van der Waals surface area contributed by atoms with Gasteiger partial charge in [-0.1, -0.05) is 24.6 Å². The second kappa shape index (κ2) is 6.40. The number of hydrogen-bond acceptors (Lipinski definition) is 2. The summed E-state index contributed by atoms with van der Waals surface area (Å²) in [7, 11) is 0. The first kappa shape index (κ1) is 14.4. The fourth-order valence-corrected chi connectivity index (χ4v) is 2.94. The molecule has 1 saturated heterocycles. The fourth-order valence-electron chi connectivity index (χ4n) is 2.94. The number of rotatable bonds is 3. The molecule has 0 aromatic heterocycles. The van der Waals surface area contributed by atoms with Gasteiger partial charge in [-0.2, -0.15) is 0 Å². The molecule has 0 spiro atoms. The standard InChI is InChI=1S/C15H20N2O.ClH/c18-15-14-7-3-2-6-13(14)12-17(15)11-10-16-8-4-1-5-9-16;/h2-3,6-7H,1,4-5,8-12H2;1H. The number of likely N-dealkylation sites (tertiary alicyclic amines) is 1. The van der Waals surface area contributed by atoms with Gasteiger partial charge in [0, 0.05) is 25.2 Å². The van der Waals surface area contributed by atoms with Crippen LogP contribution in [0.25, 0.3) is 0 Å². The Morgan fingerprint density at radius 3 is 2.47 bits per heavy atom. The number of benzene rings is 1. The molecule has 19 heavy (non-hydrogen) atoms. The van der Waals surface area contributed by atoms with E-state index in [4.69, 9.17) is 0 Å². The summed E-state index contributed by atoms with van der Waals surface area (Å²) in [5, 5.41) is 0. The number of halogens is 1. The van der Waals surface area contributed by atoms with Gasteiger partial charge in [-0.15, -0.1) is 12.4 Å². The van der Waals surface area contributed by atoms with Crippen LogP contribution in [0.2, 0.25) is 0 Å². The summed E-state index contributed by atoms with van der Waals surface area (Å²) in [6.45, 7) is 5.10. The lowest BCUT2D eigenvalue weighted by Crippen LogP contribution is -2.38. The number of fused-ring (bicyclic) bond motifs is 1. The molecule has 0 unspecified atom stereocenters. The third-order valence-corrected chi connectivity index (χ3v) is 4.03. The quantitative estimate of drug-likeness (QED) is 0.850. The van der Waals surface area contributed by atoms with Crippen molar-refractivity contribution in [1.82, 2.24) is 9.80 Å². The second-order valence-electron chi connectivity index (χ2n) is 5.29. The Morgan fingerprint density at radius 1 is 1.00 bits per heavy atom. The van der Waals surface area contributed by atoms with Crippen molar-refractivity contribution in [2.24, 2.45) is 0 Å². The maximum absolute atomic E-state index is 12.2. The Kier molecular flexibility index (Phi) is 4.83. The van der Waals surface area contributed by atoms with E-state index in [1.54, 1.807) is 0 Å². The van der Waals surface area contributed by atoms with E-state index in [0.717, 1.165) is 25.2 Å². The maximum atomic E-state index is 12.2. The molecule has 0 bridgehead atoms. The van der Waals surface area contributed by atoms with Gasteiger partial charge in [-0.25, -0.2) is 0 Å². The summed E-state index contributed by atoms with van der Waals surface area (Å²) in [5.74, 6) is 0.211. The lowest BCUT2D eigenvalue weighted by Gasteiger charge is -2.28. The molecule has 0 saturated carbocycles. The highest BCUT2D eigenvalue weighted by Crippen LogP contribution is 2.22. The molecular formula is C15H21ClN2O. The van der Waals surface area contributed by atoms with Crippen LogP contribution in [0.4, 0.5) is 0 Å². The van der Waals surface area contributed by atoms with E-state index in [2.05, 4.69) is 11.0 Å². The lowest BCUT2D eigenvalue weighted by molar-refractivity contribution is 0.0752. The fraction of sp³-hybridized carbons (Fsp3) is 0.533. The van der Waals surface area contributed by atoms with Gasteiger partial charge in [0.25, 0.3) is 5.91 Å². The molecule has 0 atom stereocenters. The molecule has 2 heterocycles. The SMILES string of the molecule is Cl.O=C1c2ccccc2CN1CCN1CCCCC1. The highest BCUT2D eigenvalue weighted by Gasteiger charge is 2.26. The van der Waals surface area contributed by atoms with Crippen LogP contribution in [-0.2, 0) is 6.54 Å². The van der Waals surface area contributed by atoms with Crippen molar-refractivity contribution >= 4 is 18.3 Å². The molecule has 3 rings (SSSR count). The lowest BCUT2D eigenvalue weighted by atomic mass is 10.1. The predicted molar refractivity (Wildman–Crippen MR) is 78.7 cm³/mol. The van der Waals surface area contributed by atoms with E-state index in [1.807, 2.05) is 23.1 Å². The predicted octanol–water partition coefficient (Wildman–Crippen LogP) is 2.55. The maximum Gasteiger partial charge on any atom is 0.254 e. The number of amides is 1. The number of piperidine rings is 1. The minimum absolute atomic E-state index is 0. The van der Waals surface area contributed by atoms with Crippen molar-refractivity contribution in [3.05, 3.63) is 35.4 Å². The van der Waals surface area contributed by atoms with Gasteiger partial charge in [0.1, 0.15) is 0 Å². The van der Waals surface area contributed by atoms with Crippen LogP contribution in [0.3, 0.4) is 0 Å². The summed E-state index contributed by atoms with van der Waals surface area (Å²) < 4.78 is 0. The smallest absolute Gasteiger partial charge is 0.254 e. The second-order valence-corrected chi connectivity index (χ2v) is 5.29. The first-order valence-corrected chi connectivity index (χ1v) is 6.94. The normalized spacial score (nSPS) is 19.2. The topological polar surface area (TPSA) is 23.6 Å². The molecule has 1 fully saturated rings. The molecule has 0 aliphatic carbocycles. The van der Waals surface area contributed by atoms with Crippen LogP contribution in [0, 0.1) is 0 Å². The van der Waals surface area contributed by atoms with Gasteiger partial charge in [-0.05, 0) is 37.6 Å². The van der Waals surface area contributed by atoms with Gasteiger partial charge in [0.15, 0.2) is 0 Å². The average molecular weight is 281 g/mol. The molecule has 4 heteroatoms. The molecule has 0 N–H and O–H groups in total. The van der Waals surface area contributed by atoms with Crippen LogP contribution in [0.5, 0.6) is 0 Å². The molecule has 0 radical (unpaired) electrons. The Bertz CT molecular complexity index is 444. The van der Waals surface area contributed by atoms with Crippen molar-refractivity contribution in [2.45, 2.75) is 25.8 Å². The van der Waals surface area contributed by atoms with Crippen LogP contribution in [-0.4, -0.2) is 41.9 Å². The molecule has 2 aliphatic rings. The molecule has 2 aliphatic heterocycles. The van der Waals surface area contributed by atoms with E-state index in [9.17, 15) is 4.79 Å². The summed E-state index contributed by atoms with van der Waals surface area (Å²) in [6, 6.07) is 7.97. The third kappa shape index (κ3) is 3.10. The van der Waals surface area contributed by atoms with Crippen LogP contribution >= 0.6 is 12.4 Å². The Balaban J connectivity index is 0.00000133. The third-order valence-electron chi connectivity index (χ3n) is 4.03. The Morgan fingerprint density at radius 2 is 1.74 bits per heavy atom. The highest BCUT2D eigenvalue weighted by atomic mass is 35.5. The van der Waals surface area contributed by atoms with E-state index < -0.39 is 0 Å². The van der Waals surface area contributed by atoms with E-state index in [1.165, 1.54) is 37.9 Å². The van der Waals surface area contributed by atoms with Gasteiger partial charge < -0.3 is 9.80 Å².